The number of hydrogen-bond acceptors (Lipinski definition) is 4. The molecule has 44 heavy (non-hydrogen) atoms. The predicted molar refractivity (Wildman–Crippen MR) is 169 cm³/mol. The highest BCUT2D eigenvalue weighted by atomic mass is 32.2. The van der Waals surface area contributed by atoms with Gasteiger partial charge in [0.05, 0.1) is 47.7 Å². The second kappa shape index (κ2) is 12.3. The molecule has 0 unspecified atom stereocenters. The zero-order valence-corrected chi connectivity index (χ0v) is 26.2. The van der Waals surface area contributed by atoms with E-state index < -0.39 is 9.84 Å². The number of aromatic nitrogens is 2. The van der Waals surface area contributed by atoms with Crippen molar-refractivity contribution in [3.8, 4) is 5.69 Å². The summed E-state index contributed by atoms with van der Waals surface area (Å²) in [6.07, 6.45) is 5.64. The molecule has 4 aromatic rings. The number of quaternary nitrogens is 1. The molecule has 2 aliphatic heterocycles. The number of carbonyl (C=O) groups excluding carboxylic acids is 1. The summed E-state index contributed by atoms with van der Waals surface area (Å²) in [6.45, 7) is 7.23. The van der Waals surface area contributed by atoms with Crippen LogP contribution in [0.5, 0.6) is 0 Å². The zero-order valence-electron chi connectivity index (χ0n) is 25.4. The first-order valence-corrected chi connectivity index (χ1v) is 17.4. The van der Waals surface area contributed by atoms with Crippen LogP contribution in [-0.4, -0.2) is 72.5 Å². The lowest BCUT2D eigenvalue weighted by atomic mass is 9.88. The molecule has 2 fully saturated rings. The lowest BCUT2D eigenvalue weighted by Gasteiger charge is -2.43. The van der Waals surface area contributed by atoms with Crippen molar-refractivity contribution in [2.75, 3.05) is 39.0 Å². The van der Waals surface area contributed by atoms with Gasteiger partial charge in [0, 0.05) is 49.6 Å². The monoisotopic (exact) mass is 615 g/mol. The molecule has 0 bridgehead atoms. The number of amides is 1. The van der Waals surface area contributed by atoms with Crippen LogP contribution in [0.2, 0.25) is 0 Å². The minimum Gasteiger partial charge on any atom is -0.338 e. The maximum atomic E-state index is 14.1. The molecule has 2 saturated heterocycles. The van der Waals surface area contributed by atoms with Crippen molar-refractivity contribution in [3.63, 3.8) is 0 Å². The quantitative estimate of drug-likeness (QED) is 0.230. The van der Waals surface area contributed by atoms with Gasteiger partial charge in [0.1, 0.15) is 12.4 Å². The van der Waals surface area contributed by atoms with E-state index in [1.165, 1.54) is 24.0 Å². The Balaban J connectivity index is 1.25. The standard InChI is InChI=1S/C35H40FN4O3S/c1-3-40(25-26-9-15-32(16-10-26)44(2,42)43)21-18-28(19-22-40)34-33(23-37-39(34)31-13-11-30(36)12-14-31)35(41)38-20-17-29(24-38)27-7-5-4-6-8-27/h4-16,23,28-29H,3,17-22,24-25H2,1-2H3/q+1/t28?,29-,40?/m0/s1. The van der Waals surface area contributed by atoms with Crippen LogP contribution >= 0.6 is 0 Å². The SMILES string of the molecule is CC[N+]1(Cc2ccc(S(C)(=O)=O)cc2)CCC(c2c(C(=O)N3CC[C@H](c4ccccc4)C3)cnn2-c2ccc(F)cc2)CC1. The van der Waals surface area contributed by atoms with Crippen molar-refractivity contribution in [2.45, 2.75) is 49.5 Å². The zero-order chi connectivity index (χ0) is 30.9. The average Bonchev–Trinajstić information content (AvgIpc) is 3.71. The molecule has 1 aromatic heterocycles. The molecule has 3 aromatic carbocycles. The molecule has 0 spiro atoms. The van der Waals surface area contributed by atoms with Gasteiger partial charge in [-0.2, -0.15) is 5.10 Å². The highest BCUT2D eigenvalue weighted by molar-refractivity contribution is 7.90. The van der Waals surface area contributed by atoms with Crippen LogP contribution in [0.4, 0.5) is 4.39 Å². The third-order valence-corrected chi connectivity index (χ3v) is 10.8. The highest BCUT2D eigenvalue weighted by Gasteiger charge is 2.38. The third-order valence-electron chi connectivity index (χ3n) is 9.69. The number of halogens is 1. The maximum absolute atomic E-state index is 14.1. The van der Waals surface area contributed by atoms with E-state index >= 15 is 0 Å². The molecule has 1 amide bonds. The summed E-state index contributed by atoms with van der Waals surface area (Å²) >= 11 is 0. The number of carbonyl (C=O) groups is 1. The molecule has 0 radical (unpaired) electrons. The van der Waals surface area contributed by atoms with Crippen LogP contribution in [-0.2, 0) is 16.4 Å². The number of likely N-dealkylation sites (tertiary alicyclic amines) is 2. The first-order valence-electron chi connectivity index (χ1n) is 15.5. The van der Waals surface area contributed by atoms with Crippen LogP contribution in [0.1, 0.15) is 65.2 Å². The fourth-order valence-electron chi connectivity index (χ4n) is 7.02. The van der Waals surface area contributed by atoms with Gasteiger partial charge < -0.3 is 9.38 Å². The number of nitrogens with zero attached hydrogens (tertiary/aromatic N) is 4. The minimum atomic E-state index is -3.24. The van der Waals surface area contributed by atoms with Crippen molar-refractivity contribution in [1.82, 2.24) is 14.7 Å². The molecule has 0 saturated carbocycles. The van der Waals surface area contributed by atoms with Crippen molar-refractivity contribution >= 4 is 15.7 Å². The Kier molecular flexibility index (Phi) is 8.44. The summed E-state index contributed by atoms with van der Waals surface area (Å²) in [5, 5.41) is 4.71. The fraction of sp³-hybridized carbons (Fsp3) is 0.371. The molecule has 0 N–H and O–H groups in total. The van der Waals surface area contributed by atoms with E-state index in [4.69, 9.17) is 5.10 Å². The van der Waals surface area contributed by atoms with Crippen LogP contribution in [0, 0.1) is 5.82 Å². The Labute approximate surface area is 259 Å². The van der Waals surface area contributed by atoms with Gasteiger partial charge in [0.15, 0.2) is 9.84 Å². The van der Waals surface area contributed by atoms with Gasteiger partial charge in [0.2, 0.25) is 0 Å². The number of hydrogen-bond donors (Lipinski definition) is 0. The summed E-state index contributed by atoms with van der Waals surface area (Å²) in [6, 6.07) is 23.9. The Morgan fingerprint density at radius 2 is 1.61 bits per heavy atom. The molecule has 6 rings (SSSR count). The molecule has 2 aliphatic rings. The van der Waals surface area contributed by atoms with Crippen LogP contribution in [0.15, 0.2) is 90.0 Å². The van der Waals surface area contributed by atoms with E-state index in [9.17, 15) is 17.6 Å². The molecule has 230 valence electrons. The number of piperidine rings is 1. The summed E-state index contributed by atoms with van der Waals surface area (Å²) in [5.41, 5.74) is 4.68. The first-order chi connectivity index (χ1) is 21.2. The lowest BCUT2D eigenvalue weighted by molar-refractivity contribution is -0.944. The molecular formula is C35H40FN4O3S+. The fourth-order valence-corrected chi connectivity index (χ4v) is 7.65. The summed E-state index contributed by atoms with van der Waals surface area (Å²) in [5.74, 6) is 0.147. The van der Waals surface area contributed by atoms with Crippen molar-refractivity contribution in [2.24, 2.45) is 0 Å². The maximum Gasteiger partial charge on any atom is 0.257 e. The number of benzene rings is 3. The van der Waals surface area contributed by atoms with Gasteiger partial charge in [-0.3, -0.25) is 4.79 Å². The Morgan fingerprint density at radius 3 is 2.25 bits per heavy atom. The van der Waals surface area contributed by atoms with Gasteiger partial charge in [-0.1, -0.05) is 42.5 Å². The van der Waals surface area contributed by atoms with E-state index in [2.05, 4.69) is 19.1 Å². The molecular weight excluding hydrogens is 575 g/mol. The van der Waals surface area contributed by atoms with Crippen LogP contribution in [0.25, 0.3) is 5.69 Å². The minimum absolute atomic E-state index is 0.0135. The highest BCUT2D eigenvalue weighted by Crippen LogP contribution is 2.37. The largest absolute Gasteiger partial charge is 0.338 e. The van der Waals surface area contributed by atoms with E-state index in [-0.39, 0.29) is 17.6 Å². The van der Waals surface area contributed by atoms with Crippen molar-refractivity contribution in [3.05, 3.63) is 113 Å². The van der Waals surface area contributed by atoms with Crippen LogP contribution < -0.4 is 0 Å². The molecule has 7 nitrogen and oxygen atoms in total. The van der Waals surface area contributed by atoms with Crippen LogP contribution in [0.3, 0.4) is 0 Å². The second-order valence-corrected chi connectivity index (χ2v) is 14.4. The van der Waals surface area contributed by atoms with Crippen molar-refractivity contribution < 1.29 is 22.1 Å². The summed E-state index contributed by atoms with van der Waals surface area (Å²) < 4.78 is 40.4. The van der Waals surface area contributed by atoms with Crippen molar-refractivity contribution in [1.29, 1.82) is 0 Å². The third kappa shape index (κ3) is 6.21. The molecule has 0 aliphatic carbocycles. The molecule has 3 heterocycles. The Hall–Kier alpha value is -3.82. The van der Waals surface area contributed by atoms with E-state index in [0.717, 1.165) is 66.9 Å². The topological polar surface area (TPSA) is 72.3 Å². The number of sulfone groups is 1. The Bertz CT molecular complexity index is 1710. The average molecular weight is 616 g/mol. The predicted octanol–water partition coefficient (Wildman–Crippen LogP) is 5.96. The van der Waals surface area contributed by atoms with Gasteiger partial charge in [-0.05, 0) is 55.3 Å². The summed E-state index contributed by atoms with van der Waals surface area (Å²) in [7, 11) is -3.24. The van der Waals surface area contributed by atoms with Gasteiger partial charge in [-0.25, -0.2) is 17.5 Å². The van der Waals surface area contributed by atoms with E-state index in [1.807, 2.05) is 39.9 Å². The number of rotatable bonds is 8. The normalized spacial score (nSPS) is 22.3. The molecule has 9 heteroatoms. The lowest BCUT2D eigenvalue weighted by Crippen LogP contribution is -2.52. The first kappa shape index (κ1) is 30.2. The second-order valence-electron chi connectivity index (χ2n) is 12.4. The smallest absolute Gasteiger partial charge is 0.257 e. The van der Waals surface area contributed by atoms with Gasteiger partial charge in [0.25, 0.3) is 5.91 Å². The van der Waals surface area contributed by atoms with E-state index in [1.54, 1.807) is 30.5 Å². The van der Waals surface area contributed by atoms with E-state index in [0.29, 0.717) is 29.5 Å². The van der Waals surface area contributed by atoms with Gasteiger partial charge in [-0.15, -0.1) is 0 Å². The summed E-state index contributed by atoms with van der Waals surface area (Å²) in [4.78, 5) is 16.4. The molecule has 1 atom stereocenters. The van der Waals surface area contributed by atoms with Gasteiger partial charge >= 0.3 is 0 Å². The Morgan fingerprint density at radius 1 is 0.932 bits per heavy atom.